The first kappa shape index (κ1) is 13.4. The van der Waals surface area contributed by atoms with Crippen molar-refractivity contribution in [2.75, 3.05) is 5.75 Å². The van der Waals surface area contributed by atoms with Gasteiger partial charge in [-0.25, -0.2) is 0 Å². The fourth-order valence-electron chi connectivity index (χ4n) is 1.18. The quantitative estimate of drug-likeness (QED) is 0.872. The number of hydrogen-bond acceptors (Lipinski definition) is 4. The molecule has 0 aliphatic rings. The van der Waals surface area contributed by atoms with Gasteiger partial charge in [-0.05, 0) is 5.56 Å². The third-order valence-electron chi connectivity index (χ3n) is 1.89. The van der Waals surface area contributed by atoms with E-state index in [1.54, 1.807) is 0 Å². The first-order chi connectivity index (χ1) is 8.08. The molecule has 0 heterocycles. The van der Waals surface area contributed by atoms with E-state index in [1.165, 1.54) is 6.92 Å². The molecule has 0 saturated carbocycles. The van der Waals surface area contributed by atoms with Crippen LogP contribution in [0.15, 0.2) is 30.3 Å². The van der Waals surface area contributed by atoms with E-state index in [1.807, 2.05) is 30.3 Å². The standard InChI is InChI=1S/C12H13NO3S/c1-9(14)17-8-12(16)13-11(15)7-10-5-3-2-4-6-10/h2-6H,7-8H2,1H3,(H,13,15,16). The topological polar surface area (TPSA) is 63.2 Å². The van der Waals surface area contributed by atoms with Crippen LogP contribution in [0.5, 0.6) is 0 Å². The van der Waals surface area contributed by atoms with Gasteiger partial charge in [-0.15, -0.1) is 0 Å². The minimum Gasteiger partial charge on any atom is -0.295 e. The predicted molar refractivity (Wildman–Crippen MR) is 66.4 cm³/mol. The normalized spacial score (nSPS) is 9.71. The zero-order valence-electron chi connectivity index (χ0n) is 9.43. The number of carbonyl (C=O) groups is 3. The second-order valence-corrected chi connectivity index (χ2v) is 4.57. The lowest BCUT2D eigenvalue weighted by Gasteiger charge is -2.03. The highest BCUT2D eigenvalue weighted by Crippen LogP contribution is 2.01. The molecule has 0 aromatic heterocycles. The Bertz CT molecular complexity index is 417. The molecule has 4 nitrogen and oxygen atoms in total. The van der Waals surface area contributed by atoms with Crippen LogP contribution in [0.4, 0.5) is 0 Å². The number of nitrogens with one attached hydrogen (secondary N) is 1. The fraction of sp³-hybridized carbons (Fsp3) is 0.250. The van der Waals surface area contributed by atoms with Crippen LogP contribution < -0.4 is 5.32 Å². The number of rotatable bonds is 4. The van der Waals surface area contributed by atoms with Gasteiger partial charge in [0.25, 0.3) is 0 Å². The third kappa shape index (κ3) is 5.87. The molecule has 0 aliphatic carbocycles. The number of amides is 2. The van der Waals surface area contributed by atoms with Crippen molar-refractivity contribution in [2.45, 2.75) is 13.3 Å². The molecule has 0 radical (unpaired) electrons. The van der Waals surface area contributed by atoms with Crippen molar-refractivity contribution in [3.63, 3.8) is 0 Å². The number of benzene rings is 1. The van der Waals surface area contributed by atoms with Gasteiger partial charge in [-0.2, -0.15) is 0 Å². The van der Waals surface area contributed by atoms with Crippen molar-refractivity contribution in [3.05, 3.63) is 35.9 Å². The molecule has 1 aromatic carbocycles. The molecule has 0 aliphatic heterocycles. The molecule has 2 amide bonds. The molecule has 17 heavy (non-hydrogen) atoms. The summed E-state index contributed by atoms with van der Waals surface area (Å²) in [4.78, 5) is 33.3. The highest BCUT2D eigenvalue weighted by atomic mass is 32.2. The number of thioether (sulfide) groups is 1. The van der Waals surface area contributed by atoms with Gasteiger partial charge in [0.05, 0.1) is 12.2 Å². The number of hydrogen-bond donors (Lipinski definition) is 1. The van der Waals surface area contributed by atoms with Crippen molar-refractivity contribution < 1.29 is 14.4 Å². The summed E-state index contributed by atoms with van der Waals surface area (Å²) in [6, 6.07) is 9.14. The molecular formula is C12H13NO3S. The molecule has 0 bridgehead atoms. The van der Waals surface area contributed by atoms with Crippen molar-refractivity contribution in [3.8, 4) is 0 Å². The van der Waals surface area contributed by atoms with Crippen LogP contribution in [-0.4, -0.2) is 22.7 Å². The zero-order chi connectivity index (χ0) is 12.7. The van der Waals surface area contributed by atoms with Crippen molar-refractivity contribution in [1.29, 1.82) is 0 Å². The van der Waals surface area contributed by atoms with Crippen molar-refractivity contribution >= 4 is 28.7 Å². The second-order valence-electron chi connectivity index (χ2n) is 3.41. The Morgan fingerprint density at radius 3 is 2.35 bits per heavy atom. The Kier molecular flexibility index (Phi) is 5.42. The lowest BCUT2D eigenvalue weighted by molar-refractivity contribution is -0.128. The van der Waals surface area contributed by atoms with E-state index in [4.69, 9.17) is 0 Å². The number of imide groups is 1. The molecule has 90 valence electrons. The summed E-state index contributed by atoms with van der Waals surface area (Å²) >= 11 is 0.884. The summed E-state index contributed by atoms with van der Waals surface area (Å²) in [5.74, 6) is -0.813. The molecule has 0 fully saturated rings. The van der Waals surface area contributed by atoms with Crippen LogP contribution in [-0.2, 0) is 20.8 Å². The Hall–Kier alpha value is -1.62. The van der Waals surface area contributed by atoms with E-state index in [2.05, 4.69) is 5.32 Å². The van der Waals surface area contributed by atoms with Crippen LogP contribution in [0.3, 0.4) is 0 Å². The average Bonchev–Trinajstić information content (AvgIpc) is 2.27. The fourth-order valence-corrected chi connectivity index (χ4v) is 1.59. The minimum absolute atomic E-state index is 0.0180. The summed E-state index contributed by atoms with van der Waals surface area (Å²) in [5.41, 5.74) is 0.844. The number of carbonyl (C=O) groups excluding carboxylic acids is 3. The maximum atomic E-state index is 11.4. The molecule has 0 atom stereocenters. The van der Waals surface area contributed by atoms with Gasteiger partial charge in [0, 0.05) is 6.92 Å². The third-order valence-corrected chi connectivity index (χ3v) is 2.71. The molecule has 1 rings (SSSR count). The minimum atomic E-state index is -0.439. The van der Waals surface area contributed by atoms with E-state index in [0.29, 0.717) is 0 Å². The molecule has 1 aromatic rings. The van der Waals surface area contributed by atoms with Gasteiger partial charge in [0.15, 0.2) is 5.12 Å². The van der Waals surface area contributed by atoms with E-state index < -0.39 is 5.91 Å². The van der Waals surface area contributed by atoms with Crippen molar-refractivity contribution in [1.82, 2.24) is 5.32 Å². The Morgan fingerprint density at radius 1 is 1.12 bits per heavy atom. The molecule has 0 spiro atoms. The Morgan fingerprint density at radius 2 is 1.76 bits per heavy atom. The van der Waals surface area contributed by atoms with Gasteiger partial charge in [0.1, 0.15) is 0 Å². The molecule has 0 saturated heterocycles. The van der Waals surface area contributed by atoms with Crippen LogP contribution in [0.2, 0.25) is 0 Å². The second kappa shape index (κ2) is 6.85. The van der Waals surface area contributed by atoms with Gasteiger partial charge >= 0.3 is 0 Å². The first-order valence-electron chi connectivity index (χ1n) is 5.08. The van der Waals surface area contributed by atoms with Crippen molar-refractivity contribution in [2.24, 2.45) is 0 Å². The Balaban J connectivity index is 2.35. The smallest absolute Gasteiger partial charge is 0.237 e. The summed E-state index contributed by atoms with van der Waals surface area (Å²) < 4.78 is 0. The van der Waals surface area contributed by atoms with E-state index >= 15 is 0 Å². The maximum Gasteiger partial charge on any atom is 0.237 e. The lowest BCUT2D eigenvalue weighted by atomic mass is 10.1. The summed E-state index contributed by atoms with van der Waals surface area (Å²) in [5, 5.41) is 2.09. The monoisotopic (exact) mass is 251 g/mol. The van der Waals surface area contributed by atoms with Gasteiger partial charge < -0.3 is 0 Å². The SMILES string of the molecule is CC(=O)SCC(=O)NC(=O)Cc1ccccc1. The predicted octanol–water partition coefficient (Wildman–Crippen LogP) is 1.15. The van der Waals surface area contributed by atoms with E-state index in [0.717, 1.165) is 17.3 Å². The first-order valence-corrected chi connectivity index (χ1v) is 6.06. The molecular weight excluding hydrogens is 238 g/mol. The molecule has 1 N–H and O–H groups in total. The summed E-state index contributed by atoms with van der Waals surface area (Å²) in [6.07, 6.45) is 0.164. The molecule has 0 unspecified atom stereocenters. The highest BCUT2D eigenvalue weighted by Gasteiger charge is 2.09. The maximum absolute atomic E-state index is 11.4. The summed E-state index contributed by atoms with van der Waals surface area (Å²) in [7, 11) is 0. The Labute approximate surface area is 104 Å². The molecule has 5 heteroatoms. The largest absolute Gasteiger partial charge is 0.295 e. The summed E-state index contributed by atoms with van der Waals surface area (Å²) in [6.45, 7) is 1.38. The lowest BCUT2D eigenvalue weighted by Crippen LogP contribution is -2.33. The zero-order valence-corrected chi connectivity index (χ0v) is 10.3. The van der Waals surface area contributed by atoms with Crippen LogP contribution in [0.25, 0.3) is 0 Å². The highest BCUT2D eigenvalue weighted by molar-refractivity contribution is 8.14. The van der Waals surface area contributed by atoms with Crippen LogP contribution in [0.1, 0.15) is 12.5 Å². The van der Waals surface area contributed by atoms with E-state index in [9.17, 15) is 14.4 Å². The van der Waals surface area contributed by atoms with Gasteiger partial charge in [-0.3, -0.25) is 19.7 Å². The van der Waals surface area contributed by atoms with Gasteiger partial charge in [0.2, 0.25) is 11.8 Å². The van der Waals surface area contributed by atoms with Crippen LogP contribution in [0, 0.1) is 0 Å². The van der Waals surface area contributed by atoms with Gasteiger partial charge in [-0.1, -0.05) is 42.1 Å². The van der Waals surface area contributed by atoms with E-state index in [-0.39, 0.29) is 23.2 Å². The average molecular weight is 251 g/mol. The van der Waals surface area contributed by atoms with Crippen LogP contribution >= 0.6 is 11.8 Å².